The standard InChI is InChI=1S/C36H60O30.C12H22O11/c37-1-7-25-13(43)19(49)31(55-7)62-26-8(2-38)57-33(21(51)15(26)45)64-28-10(4-40)59-35(23(53)17(28)47)66-30-12(6-42)60-36(24(54)18(30)48)65-29-11(5-41)58-34(22(52)16(29)46)63-27-9(3-39)56-32(61-25)20(50)14(27)44;13-1-4-6(16)8(18)9(19)11(21-4)23-12(3-15)10(20)7(17)5(2-14)22-12/h7-54H,1-6H2;4-11,13-20H,1-3H2/t7-,8-,9-,10-,11-,12-,13?,14?,15?,16?,17?,18?,19?,20?,21?,22?,23?,24?,25-,26-,27-,28-,29-,30?,31-,32-,33-,34-,35?,36-;4-,5-,6-,7-,8+,9-,10+,11-,12?/m11/s1. The first-order valence-corrected chi connectivity index (χ1v) is 28.2. The molecule has 41 nitrogen and oxygen atoms in total. The van der Waals surface area contributed by atoms with Crippen LogP contribution in [-0.2, 0) is 71.1 Å². The maximum absolute atomic E-state index is 11.2. The van der Waals surface area contributed by atoms with Gasteiger partial charge >= 0.3 is 0 Å². The van der Waals surface area contributed by atoms with Gasteiger partial charge < -0.3 is 204 Å². The van der Waals surface area contributed by atoms with E-state index in [9.17, 15) is 123 Å². The van der Waals surface area contributed by atoms with Gasteiger partial charge in [-0.25, -0.2) is 0 Å². The zero-order valence-electron chi connectivity index (χ0n) is 46.6. The highest BCUT2D eigenvalue weighted by Gasteiger charge is 2.61. The lowest BCUT2D eigenvalue weighted by molar-refractivity contribution is -0.404. The summed E-state index contributed by atoms with van der Waals surface area (Å²) in [6.07, 6.45) is -71.1. The van der Waals surface area contributed by atoms with Gasteiger partial charge in [-0.3, -0.25) is 0 Å². The summed E-state index contributed by atoms with van der Waals surface area (Å²) in [6, 6.07) is 0. The number of hydrogen-bond donors (Lipinski definition) is 26. The lowest BCUT2D eigenvalue weighted by Crippen LogP contribution is -2.69. The van der Waals surface area contributed by atoms with E-state index in [0.717, 1.165) is 0 Å². The third kappa shape index (κ3) is 14.6. The minimum Gasteiger partial charge on any atom is -0.394 e. The fraction of sp³-hybridized carbons (Fsp3) is 1.00. The first kappa shape index (κ1) is 73.2. The smallest absolute Gasteiger partial charge is 0.224 e. The van der Waals surface area contributed by atoms with Crippen molar-refractivity contribution in [3.8, 4) is 0 Å². The van der Waals surface area contributed by atoms with E-state index in [1.807, 2.05) is 0 Å². The molecule has 24 heterocycles. The molecule has 0 aromatic heterocycles. The van der Waals surface area contributed by atoms with Crippen LogP contribution >= 0.6 is 0 Å². The van der Waals surface area contributed by atoms with Crippen molar-refractivity contribution in [3.05, 3.63) is 0 Å². The monoisotopic (exact) mass is 1310 g/mol. The predicted octanol–water partition coefficient (Wildman–Crippen LogP) is -18.5. The molecule has 26 N–H and O–H groups in total. The molecule has 0 aliphatic carbocycles. The minimum absolute atomic E-state index is 0.669. The molecular formula is C48H82O41. The van der Waals surface area contributed by atoms with Crippen molar-refractivity contribution in [2.45, 2.75) is 239 Å². The van der Waals surface area contributed by atoms with Gasteiger partial charge in [0.25, 0.3) is 0 Å². The van der Waals surface area contributed by atoms with Crippen LogP contribution in [0.2, 0.25) is 0 Å². The average Bonchev–Trinajstić information content (AvgIpc) is 1.82. The molecule has 15 unspecified atom stereocenters. The molecule has 12 bridgehead atoms. The summed E-state index contributed by atoms with van der Waals surface area (Å²) in [4.78, 5) is 0. The van der Waals surface area contributed by atoms with E-state index in [1.165, 1.54) is 0 Å². The first-order chi connectivity index (χ1) is 42.2. The quantitative estimate of drug-likeness (QED) is 0.0913. The van der Waals surface area contributed by atoms with Crippen LogP contribution in [0.4, 0.5) is 0 Å². The minimum atomic E-state index is -2.22. The average molecular weight is 1320 g/mol. The third-order valence-corrected chi connectivity index (χ3v) is 16.7. The summed E-state index contributed by atoms with van der Waals surface area (Å²) in [5, 5.41) is 272. The Morgan fingerprint density at radius 3 is 0.663 bits per heavy atom. The summed E-state index contributed by atoms with van der Waals surface area (Å²) in [5.74, 6) is -2.22. The Hall–Kier alpha value is -1.64. The number of aliphatic hydroxyl groups excluding tert-OH is 26. The normalized spacial score (nSPS) is 54.3. The van der Waals surface area contributed by atoms with E-state index in [-0.39, 0.29) is 0 Å². The third-order valence-electron chi connectivity index (χ3n) is 16.7. The second-order valence-corrected chi connectivity index (χ2v) is 22.4. The lowest BCUT2D eigenvalue weighted by atomic mass is 9.94. The Labute approximate surface area is 501 Å². The highest BCUT2D eigenvalue weighted by molar-refractivity contribution is 5.02. The molecule has 24 fully saturated rings. The van der Waals surface area contributed by atoms with Gasteiger partial charge in [0.2, 0.25) is 5.79 Å². The molecule has 520 valence electrons. The SMILES string of the molecule is OC[C@H]1OC(CO)(O[C@H]2O[C@H](CO)[C@@H](O)[C@H](O)[C@H]2O)[C@@H](O)[C@@H]1O.OC[C@H]1O[C@@H]2O[C@H]3C(O)C(O)[C@H](O[C@@H]3CO)O[C@H]3C(O)C(O)[C@H](O[C@@H]3CO)O[C@H]3C(O)C(O)[C@H](O[C@@H]3CO)O[C@H]3C(O)C(O)[C@H](O[C@@H]3CO)O[C@H]3C(O)C(O)C(OC1C(O)C2O)O[C@@H]3CO. The fourth-order valence-corrected chi connectivity index (χ4v) is 11.6. The van der Waals surface area contributed by atoms with Gasteiger partial charge in [0.1, 0.15) is 196 Å². The molecular weight excluding hydrogens is 1230 g/mol. The van der Waals surface area contributed by atoms with Gasteiger partial charge in [0.05, 0.1) is 52.9 Å². The van der Waals surface area contributed by atoms with Crippen LogP contribution < -0.4 is 0 Å². The van der Waals surface area contributed by atoms with E-state index in [1.54, 1.807) is 0 Å². The number of rotatable bonds is 11. The van der Waals surface area contributed by atoms with E-state index in [4.69, 9.17) is 81.3 Å². The van der Waals surface area contributed by atoms with E-state index in [0.29, 0.717) is 0 Å². The van der Waals surface area contributed by atoms with Gasteiger partial charge in [-0.15, -0.1) is 0 Å². The molecule has 0 amide bonds. The van der Waals surface area contributed by atoms with Crippen LogP contribution in [0.1, 0.15) is 0 Å². The number of aliphatic hydroxyl groups is 26. The van der Waals surface area contributed by atoms with Gasteiger partial charge in [0, 0.05) is 0 Å². The summed E-state index contributed by atoms with van der Waals surface area (Å²) >= 11 is 0. The van der Waals surface area contributed by atoms with Gasteiger partial charge in [-0.1, -0.05) is 0 Å². The summed E-state index contributed by atoms with van der Waals surface area (Å²) in [6.45, 7) is -8.32. The van der Waals surface area contributed by atoms with Crippen molar-refractivity contribution in [1.29, 1.82) is 0 Å². The van der Waals surface area contributed by atoms with E-state index < -0.39 is 299 Å². The predicted molar refractivity (Wildman–Crippen MR) is 264 cm³/mol. The second kappa shape index (κ2) is 31.0. The van der Waals surface area contributed by atoms with Gasteiger partial charge in [-0.2, -0.15) is 0 Å². The topological polar surface area (TPSA) is 664 Å². The molecule has 0 aromatic rings. The fourth-order valence-electron chi connectivity index (χ4n) is 11.6. The van der Waals surface area contributed by atoms with Crippen molar-refractivity contribution >= 4 is 0 Å². The van der Waals surface area contributed by atoms with Crippen LogP contribution in [0.3, 0.4) is 0 Å². The Morgan fingerprint density at radius 1 is 0.225 bits per heavy atom. The Kier molecular flexibility index (Phi) is 25.5. The molecule has 24 rings (SSSR count). The molecule has 0 radical (unpaired) electrons. The second-order valence-electron chi connectivity index (χ2n) is 22.4. The van der Waals surface area contributed by atoms with Crippen LogP contribution in [0.5, 0.6) is 0 Å². The number of hydrogen-bond acceptors (Lipinski definition) is 41. The van der Waals surface area contributed by atoms with Crippen LogP contribution in [-0.4, -0.2) is 431 Å². The van der Waals surface area contributed by atoms with E-state index in [2.05, 4.69) is 0 Å². The highest BCUT2D eigenvalue weighted by Crippen LogP contribution is 2.40. The van der Waals surface area contributed by atoms with Crippen LogP contribution in [0.25, 0.3) is 0 Å². The summed E-state index contributed by atoms with van der Waals surface area (Å²) in [7, 11) is 0. The maximum atomic E-state index is 11.2. The Balaban J connectivity index is 0.000000373. The van der Waals surface area contributed by atoms with Crippen LogP contribution in [0.15, 0.2) is 0 Å². The largest absolute Gasteiger partial charge is 0.394 e. The van der Waals surface area contributed by atoms with Crippen molar-refractivity contribution in [3.63, 3.8) is 0 Å². The Morgan fingerprint density at radius 2 is 0.461 bits per heavy atom. The maximum Gasteiger partial charge on any atom is 0.224 e. The van der Waals surface area contributed by atoms with Crippen molar-refractivity contribution in [2.24, 2.45) is 0 Å². The molecule has 0 spiro atoms. The van der Waals surface area contributed by atoms with Gasteiger partial charge in [-0.05, 0) is 0 Å². The van der Waals surface area contributed by atoms with Crippen molar-refractivity contribution in [2.75, 3.05) is 59.5 Å². The molecule has 41 heteroatoms. The molecule has 0 aromatic carbocycles. The van der Waals surface area contributed by atoms with Crippen molar-refractivity contribution < 1.29 is 204 Å². The molecule has 39 atom stereocenters. The zero-order chi connectivity index (χ0) is 65.4. The summed E-state index contributed by atoms with van der Waals surface area (Å²) in [5.41, 5.74) is 0. The lowest BCUT2D eigenvalue weighted by Gasteiger charge is -2.50. The first-order valence-electron chi connectivity index (χ1n) is 28.2. The van der Waals surface area contributed by atoms with Crippen LogP contribution in [0, 0.1) is 0 Å². The Bertz CT molecular complexity index is 1860. The highest BCUT2D eigenvalue weighted by atomic mass is 16.8. The number of ether oxygens (including phenoxy) is 15. The summed E-state index contributed by atoms with van der Waals surface area (Å²) < 4.78 is 83.3. The zero-order valence-corrected chi connectivity index (χ0v) is 46.6. The molecule has 0 saturated carbocycles. The van der Waals surface area contributed by atoms with E-state index >= 15 is 0 Å². The molecule has 24 aliphatic rings. The molecule has 89 heavy (non-hydrogen) atoms. The van der Waals surface area contributed by atoms with Crippen molar-refractivity contribution in [1.82, 2.24) is 0 Å². The molecule has 24 saturated heterocycles. The van der Waals surface area contributed by atoms with Gasteiger partial charge in [0.15, 0.2) is 44.0 Å². The molecule has 24 aliphatic heterocycles.